The molecule has 0 radical (unpaired) electrons. The van der Waals surface area contributed by atoms with E-state index < -0.39 is 5.54 Å². The molecule has 1 aliphatic carbocycles. The Labute approximate surface area is 197 Å². The van der Waals surface area contributed by atoms with E-state index in [0.717, 1.165) is 29.7 Å². The van der Waals surface area contributed by atoms with E-state index in [2.05, 4.69) is 26.1 Å². The van der Waals surface area contributed by atoms with Gasteiger partial charge >= 0.3 is 0 Å². The molecule has 2 aromatic rings. The monoisotopic (exact) mass is 454 g/mol. The molecule has 3 rings (SSSR count). The molecule has 172 valence electrons. The molecule has 0 spiro atoms. The molecule has 1 saturated carbocycles. The minimum absolute atomic E-state index is 0.105. The molecule has 0 unspecified atom stereocenters. The first-order chi connectivity index (χ1) is 15.0. The van der Waals surface area contributed by atoms with E-state index in [9.17, 15) is 9.59 Å². The average molecular weight is 455 g/mol. The highest BCUT2D eigenvalue weighted by Gasteiger charge is 2.48. The molecule has 0 heterocycles. The van der Waals surface area contributed by atoms with Crippen molar-refractivity contribution in [3.63, 3.8) is 0 Å². The third-order valence-electron chi connectivity index (χ3n) is 7.22. The minimum Gasteiger partial charge on any atom is -0.327 e. The van der Waals surface area contributed by atoms with Gasteiger partial charge in [-0.1, -0.05) is 50.6 Å². The number of rotatable bonds is 4. The van der Waals surface area contributed by atoms with Crippen molar-refractivity contribution in [3.05, 3.63) is 64.2 Å². The first-order valence-corrected chi connectivity index (χ1v) is 11.7. The summed E-state index contributed by atoms with van der Waals surface area (Å²) in [5, 5.41) is 3.77. The lowest BCUT2D eigenvalue weighted by atomic mass is 9.66. The number of carbonyl (C=O) groups is 2. The van der Waals surface area contributed by atoms with Crippen molar-refractivity contribution in [1.82, 2.24) is 4.90 Å². The summed E-state index contributed by atoms with van der Waals surface area (Å²) >= 11 is 6.01. The molecule has 0 atom stereocenters. The maximum Gasteiger partial charge on any atom is 0.254 e. The van der Waals surface area contributed by atoms with E-state index >= 15 is 0 Å². The first kappa shape index (κ1) is 24.3. The van der Waals surface area contributed by atoms with E-state index in [-0.39, 0.29) is 17.2 Å². The fourth-order valence-electron chi connectivity index (χ4n) is 4.90. The van der Waals surface area contributed by atoms with Crippen LogP contribution in [0.3, 0.4) is 0 Å². The van der Waals surface area contributed by atoms with E-state index in [1.807, 2.05) is 32.0 Å². The normalized spacial score (nSPS) is 21.2. The smallest absolute Gasteiger partial charge is 0.254 e. The SMILES string of the molecule is Cc1cccc(C)c1NC(=O)C1(N(C)C(=O)c2ccc(Cl)cc2)CCC(C(C)(C)C)CC1. The highest BCUT2D eigenvalue weighted by Crippen LogP contribution is 2.44. The molecule has 32 heavy (non-hydrogen) atoms. The zero-order valence-corrected chi connectivity index (χ0v) is 20.8. The number of aryl methyl sites for hydroxylation is 2. The fourth-order valence-corrected chi connectivity index (χ4v) is 5.02. The number of hydrogen-bond acceptors (Lipinski definition) is 2. The summed E-state index contributed by atoms with van der Waals surface area (Å²) < 4.78 is 0. The van der Waals surface area contributed by atoms with Gasteiger partial charge in [-0.2, -0.15) is 0 Å². The van der Waals surface area contributed by atoms with Gasteiger partial charge in [0.15, 0.2) is 0 Å². The Morgan fingerprint density at radius 3 is 2.03 bits per heavy atom. The van der Waals surface area contributed by atoms with Gasteiger partial charge in [-0.15, -0.1) is 0 Å². The first-order valence-electron chi connectivity index (χ1n) is 11.4. The van der Waals surface area contributed by atoms with E-state index in [0.29, 0.717) is 29.3 Å². The Balaban J connectivity index is 1.95. The van der Waals surface area contributed by atoms with Crippen LogP contribution in [0.1, 0.15) is 67.9 Å². The summed E-state index contributed by atoms with van der Waals surface area (Å²) in [5.41, 5.74) is 2.68. The van der Waals surface area contributed by atoms with Gasteiger partial charge in [0.1, 0.15) is 5.54 Å². The number of hydrogen-bond donors (Lipinski definition) is 1. The van der Waals surface area contributed by atoms with Gasteiger partial charge in [-0.3, -0.25) is 9.59 Å². The largest absolute Gasteiger partial charge is 0.327 e. The Hall–Kier alpha value is -2.33. The van der Waals surface area contributed by atoms with E-state index in [1.54, 1.807) is 36.2 Å². The minimum atomic E-state index is -0.896. The molecule has 1 aliphatic rings. The number of nitrogens with one attached hydrogen (secondary N) is 1. The molecule has 0 bridgehead atoms. The molecule has 0 aromatic heterocycles. The van der Waals surface area contributed by atoms with Crippen molar-refractivity contribution in [2.75, 3.05) is 12.4 Å². The summed E-state index contributed by atoms with van der Waals surface area (Å²) in [6, 6.07) is 12.8. The number of carbonyl (C=O) groups excluding carboxylic acids is 2. The maximum absolute atomic E-state index is 13.9. The number of anilines is 1. The number of likely N-dealkylation sites (N-methyl/N-ethyl adjacent to an activating group) is 1. The predicted molar refractivity (Wildman–Crippen MR) is 132 cm³/mol. The number of nitrogens with zero attached hydrogens (tertiary/aromatic N) is 1. The lowest BCUT2D eigenvalue weighted by Crippen LogP contribution is -2.59. The van der Waals surface area contributed by atoms with Gasteiger partial charge in [-0.25, -0.2) is 0 Å². The van der Waals surface area contributed by atoms with Crippen LogP contribution < -0.4 is 5.32 Å². The number of halogens is 1. The average Bonchev–Trinajstić information content (AvgIpc) is 2.75. The molecule has 0 saturated heterocycles. The summed E-state index contributed by atoms with van der Waals surface area (Å²) in [7, 11) is 1.76. The van der Waals surface area contributed by atoms with Crippen LogP contribution in [0.25, 0.3) is 0 Å². The molecule has 2 aromatic carbocycles. The van der Waals surface area contributed by atoms with Crippen LogP contribution in [0.4, 0.5) is 5.69 Å². The van der Waals surface area contributed by atoms with Crippen LogP contribution in [-0.4, -0.2) is 29.3 Å². The Bertz CT molecular complexity index is 963. The van der Waals surface area contributed by atoms with Crippen LogP contribution >= 0.6 is 11.6 Å². The van der Waals surface area contributed by atoms with E-state index in [4.69, 9.17) is 11.6 Å². The summed E-state index contributed by atoms with van der Waals surface area (Å²) in [6.07, 6.45) is 3.09. The van der Waals surface area contributed by atoms with Gasteiger partial charge in [0, 0.05) is 23.3 Å². The van der Waals surface area contributed by atoms with Crippen LogP contribution in [0.2, 0.25) is 5.02 Å². The number of amides is 2. The molecule has 1 fully saturated rings. The maximum atomic E-state index is 13.9. The van der Waals surface area contributed by atoms with Gasteiger partial charge in [0.25, 0.3) is 5.91 Å². The highest BCUT2D eigenvalue weighted by atomic mass is 35.5. The zero-order chi connectivity index (χ0) is 23.7. The molecule has 5 heteroatoms. The molecule has 4 nitrogen and oxygen atoms in total. The van der Waals surface area contributed by atoms with Crippen molar-refractivity contribution in [1.29, 1.82) is 0 Å². The zero-order valence-electron chi connectivity index (χ0n) is 20.1. The van der Waals surface area contributed by atoms with Crippen molar-refractivity contribution < 1.29 is 9.59 Å². The van der Waals surface area contributed by atoms with Gasteiger partial charge in [0.05, 0.1) is 0 Å². The standard InChI is InChI=1S/C27H35ClN2O2/c1-18-8-7-9-19(2)23(18)29-25(32)27(16-14-21(15-17-27)26(3,4)5)30(6)24(31)20-10-12-22(28)13-11-20/h7-13,21H,14-17H2,1-6H3,(H,29,32). The molecule has 2 amide bonds. The highest BCUT2D eigenvalue weighted by molar-refractivity contribution is 6.30. The molecule has 1 N–H and O–H groups in total. The Kier molecular flexibility index (Phi) is 7.04. The summed E-state index contributed by atoms with van der Waals surface area (Å²) in [5.74, 6) is 0.252. The Morgan fingerprint density at radius 1 is 1.00 bits per heavy atom. The molecule has 0 aliphatic heterocycles. The van der Waals surface area contributed by atoms with Crippen molar-refractivity contribution in [2.24, 2.45) is 11.3 Å². The lowest BCUT2D eigenvalue weighted by molar-refractivity contribution is -0.129. The second-order valence-corrected chi connectivity index (χ2v) is 10.7. The predicted octanol–water partition coefficient (Wildman–Crippen LogP) is 6.64. The summed E-state index contributed by atoms with van der Waals surface area (Å²) in [6.45, 7) is 10.8. The lowest BCUT2D eigenvalue weighted by Gasteiger charge is -2.47. The van der Waals surface area contributed by atoms with Crippen molar-refractivity contribution in [3.8, 4) is 0 Å². The second kappa shape index (κ2) is 9.27. The molecular weight excluding hydrogens is 420 g/mol. The number of para-hydroxylation sites is 1. The van der Waals surface area contributed by atoms with Crippen molar-refractivity contribution in [2.45, 2.75) is 65.8 Å². The number of benzene rings is 2. The van der Waals surface area contributed by atoms with Crippen molar-refractivity contribution >= 4 is 29.1 Å². The quantitative estimate of drug-likeness (QED) is 0.562. The third kappa shape index (κ3) is 4.85. The van der Waals surface area contributed by atoms with Crippen LogP contribution in [0, 0.1) is 25.2 Å². The third-order valence-corrected chi connectivity index (χ3v) is 7.47. The van der Waals surface area contributed by atoms with E-state index in [1.165, 1.54) is 0 Å². The van der Waals surface area contributed by atoms with Gasteiger partial charge < -0.3 is 10.2 Å². The molecular formula is C27H35ClN2O2. The van der Waals surface area contributed by atoms with Crippen LogP contribution in [0.15, 0.2) is 42.5 Å². The Morgan fingerprint density at radius 2 is 1.53 bits per heavy atom. The topological polar surface area (TPSA) is 49.4 Å². The summed E-state index contributed by atoms with van der Waals surface area (Å²) in [4.78, 5) is 29.0. The van der Waals surface area contributed by atoms with Crippen LogP contribution in [-0.2, 0) is 4.79 Å². The second-order valence-electron chi connectivity index (χ2n) is 10.3. The van der Waals surface area contributed by atoms with Gasteiger partial charge in [0.2, 0.25) is 5.91 Å². The fraction of sp³-hybridized carbons (Fsp3) is 0.481. The van der Waals surface area contributed by atoms with Crippen LogP contribution in [0.5, 0.6) is 0 Å². The van der Waals surface area contributed by atoms with Gasteiger partial charge in [-0.05, 0) is 86.3 Å².